The van der Waals surface area contributed by atoms with E-state index in [1.165, 1.54) is 45.3 Å². The van der Waals surface area contributed by atoms with E-state index in [-0.39, 0.29) is 0 Å². The van der Waals surface area contributed by atoms with E-state index in [0.29, 0.717) is 11.5 Å². The minimum atomic E-state index is 0.498. The molecule has 0 radical (unpaired) electrons. The van der Waals surface area contributed by atoms with E-state index in [0.717, 1.165) is 19.7 Å². The molecule has 0 saturated carbocycles. The number of nitrogens with zero attached hydrogens (tertiary/aromatic N) is 1. The lowest BCUT2D eigenvalue weighted by Gasteiger charge is -2.34. The molecule has 0 amide bonds. The first-order valence-electron chi connectivity index (χ1n) is 7.33. The fraction of sp³-hybridized carbons (Fsp3) is 1.00. The van der Waals surface area contributed by atoms with E-state index < -0.39 is 0 Å². The van der Waals surface area contributed by atoms with Gasteiger partial charge in [-0.05, 0) is 44.2 Å². The fourth-order valence-corrected chi connectivity index (χ4v) is 3.20. The summed E-state index contributed by atoms with van der Waals surface area (Å²) in [7, 11) is 0. The minimum absolute atomic E-state index is 0.498. The Morgan fingerprint density at radius 1 is 1.41 bits per heavy atom. The molecule has 0 aromatic carbocycles. The van der Waals surface area contributed by atoms with Crippen LogP contribution in [-0.2, 0) is 4.74 Å². The van der Waals surface area contributed by atoms with Crippen LogP contribution in [0.15, 0.2) is 0 Å². The van der Waals surface area contributed by atoms with Gasteiger partial charge < -0.3 is 15.0 Å². The third-order valence-corrected chi connectivity index (χ3v) is 4.57. The number of rotatable bonds is 6. The summed E-state index contributed by atoms with van der Waals surface area (Å²) in [6.45, 7) is 11.5. The van der Waals surface area contributed by atoms with Gasteiger partial charge in [-0.15, -0.1) is 0 Å². The summed E-state index contributed by atoms with van der Waals surface area (Å²) in [4.78, 5) is 2.60. The van der Waals surface area contributed by atoms with Crippen LogP contribution < -0.4 is 5.32 Å². The van der Waals surface area contributed by atoms with Crippen molar-refractivity contribution in [2.24, 2.45) is 5.41 Å². The van der Waals surface area contributed by atoms with Gasteiger partial charge in [0.1, 0.15) is 0 Å². The highest BCUT2D eigenvalue weighted by Gasteiger charge is 2.34. The summed E-state index contributed by atoms with van der Waals surface area (Å²) < 4.78 is 5.76. The van der Waals surface area contributed by atoms with Crippen molar-refractivity contribution in [1.82, 2.24) is 10.2 Å². The monoisotopic (exact) mass is 240 g/mol. The molecule has 0 bridgehead atoms. The largest absolute Gasteiger partial charge is 0.377 e. The molecule has 2 saturated heterocycles. The highest BCUT2D eigenvalue weighted by Crippen LogP contribution is 2.30. The normalized spacial score (nSPS) is 33.7. The van der Waals surface area contributed by atoms with Crippen LogP contribution in [0.5, 0.6) is 0 Å². The zero-order chi connectivity index (χ0) is 12.1. The Labute approximate surface area is 106 Å². The van der Waals surface area contributed by atoms with Crippen LogP contribution in [0, 0.1) is 5.41 Å². The summed E-state index contributed by atoms with van der Waals surface area (Å²) in [5.41, 5.74) is 0.522. The summed E-state index contributed by atoms with van der Waals surface area (Å²) in [6, 6.07) is 0. The molecule has 2 heterocycles. The summed E-state index contributed by atoms with van der Waals surface area (Å²) in [5.74, 6) is 0. The van der Waals surface area contributed by atoms with E-state index in [1.807, 2.05) is 0 Å². The van der Waals surface area contributed by atoms with Gasteiger partial charge >= 0.3 is 0 Å². The molecule has 2 unspecified atom stereocenters. The number of ether oxygens (including phenoxy) is 1. The fourth-order valence-electron chi connectivity index (χ4n) is 3.20. The van der Waals surface area contributed by atoms with Crippen molar-refractivity contribution in [3.63, 3.8) is 0 Å². The summed E-state index contributed by atoms with van der Waals surface area (Å²) in [6.07, 6.45) is 5.64. The SMILES string of the molecule is CCN(CC1CCCO1)CC1(CC)CCNC1. The zero-order valence-electron chi connectivity index (χ0n) is 11.5. The Hall–Kier alpha value is -0.120. The number of hydrogen-bond donors (Lipinski definition) is 1. The van der Waals surface area contributed by atoms with Gasteiger partial charge in [-0.1, -0.05) is 13.8 Å². The first kappa shape index (κ1) is 13.3. The second-order valence-corrected chi connectivity index (χ2v) is 5.74. The lowest BCUT2D eigenvalue weighted by molar-refractivity contribution is 0.0579. The van der Waals surface area contributed by atoms with Crippen LogP contribution in [0.3, 0.4) is 0 Å². The van der Waals surface area contributed by atoms with Gasteiger partial charge in [0.15, 0.2) is 0 Å². The van der Waals surface area contributed by atoms with Gasteiger partial charge in [-0.25, -0.2) is 0 Å². The van der Waals surface area contributed by atoms with Crippen LogP contribution >= 0.6 is 0 Å². The molecule has 100 valence electrons. The van der Waals surface area contributed by atoms with Gasteiger partial charge in [0.2, 0.25) is 0 Å². The molecule has 2 fully saturated rings. The Kier molecular flexibility index (Phi) is 4.83. The molecule has 0 spiro atoms. The Bertz CT molecular complexity index is 220. The summed E-state index contributed by atoms with van der Waals surface area (Å²) in [5, 5.41) is 3.53. The lowest BCUT2D eigenvalue weighted by atomic mass is 9.83. The third-order valence-electron chi connectivity index (χ3n) is 4.57. The first-order chi connectivity index (χ1) is 8.28. The predicted molar refractivity (Wildman–Crippen MR) is 71.3 cm³/mol. The number of nitrogens with one attached hydrogen (secondary N) is 1. The molecule has 3 nitrogen and oxygen atoms in total. The van der Waals surface area contributed by atoms with E-state index >= 15 is 0 Å². The van der Waals surface area contributed by atoms with Crippen LogP contribution in [0.2, 0.25) is 0 Å². The maximum Gasteiger partial charge on any atom is 0.0702 e. The second-order valence-electron chi connectivity index (χ2n) is 5.74. The van der Waals surface area contributed by atoms with E-state index in [4.69, 9.17) is 4.74 Å². The van der Waals surface area contributed by atoms with Crippen LogP contribution in [0.25, 0.3) is 0 Å². The quantitative estimate of drug-likeness (QED) is 0.767. The standard InChI is InChI=1S/C14H28N2O/c1-3-14(7-8-15-11-14)12-16(4-2)10-13-6-5-9-17-13/h13,15H,3-12H2,1-2H3. The molecule has 2 aliphatic rings. The average molecular weight is 240 g/mol. The van der Waals surface area contributed by atoms with Crippen molar-refractivity contribution in [2.45, 2.75) is 45.6 Å². The van der Waals surface area contributed by atoms with Gasteiger partial charge in [0, 0.05) is 26.2 Å². The van der Waals surface area contributed by atoms with Crippen LogP contribution in [0.1, 0.15) is 39.5 Å². The molecule has 2 aliphatic heterocycles. The highest BCUT2D eigenvalue weighted by atomic mass is 16.5. The van der Waals surface area contributed by atoms with Crippen molar-refractivity contribution in [2.75, 3.05) is 39.3 Å². The van der Waals surface area contributed by atoms with E-state index in [1.54, 1.807) is 0 Å². The Balaban J connectivity index is 1.84. The van der Waals surface area contributed by atoms with E-state index in [2.05, 4.69) is 24.1 Å². The number of likely N-dealkylation sites (N-methyl/N-ethyl adjacent to an activating group) is 1. The lowest BCUT2D eigenvalue weighted by Crippen LogP contribution is -2.42. The third kappa shape index (κ3) is 3.43. The maximum atomic E-state index is 5.76. The molecular formula is C14H28N2O. The van der Waals surface area contributed by atoms with Crippen molar-refractivity contribution in [3.05, 3.63) is 0 Å². The Morgan fingerprint density at radius 2 is 2.29 bits per heavy atom. The van der Waals surface area contributed by atoms with Gasteiger partial charge in [0.05, 0.1) is 6.10 Å². The van der Waals surface area contributed by atoms with Crippen LogP contribution in [-0.4, -0.2) is 50.3 Å². The highest BCUT2D eigenvalue weighted by molar-refractivity contribution is 4.89. The molecule has 0 aromatic rings. The van der Waals surface area contributed by atoms with Crippen molar-refractivity contribution in [1.29, 1.82) is 0 Å². The molecule has 0 aliphatic carbocycles. The van der Waals surface area contributed by atoms with Crippen molar-refractivity contribution >= 4 is 0 Å². The van der Waals surface area contributed by atoms with Crippen molar-refractivity contribution in [3.8, 4) is 0 Å². The van der Waals surface area contributed by atoms with Crippen molar-refractivity contribution < 1.29 is 4.74 Å². The second kappa shape index (κ2) is 6.17. The van der Waals surface area contributed by atoms with Crippen LogP contribution in [0.4, 0.5) is 0 Å². The molecular weight excluding hydrogens is 212 g/mol. The summed E-state index contributed by atoms with van der Waals surface area (Å²) >= 11 is 0. The molecule has 2 atom stereocenters. The molecule has 2 rings (SSSR count). The smallest absolute Gasteiger partial charge is 0.0702 e. The number of hydrogen-bond acceptors (Lipinski definition) is 3. The molecule has 0 aromatic heterocycles. The molecule has 17 heavy (non-hydrogen) atoms. The maximum absolute atomic E-state index is 5.76. The average Bonchev–Trinajstić information content (AvgIpc) is 3.00. The molecule has 1 N–H and O–H groups in total. The first-order valence-corrected chi connectivity index (χ1v) is 7.33. The van der Waals surface area contributed by atoms with Gasteiger partial charge in [-0.3, -0.25) is 0 Å². The molecule has 3 heteroatoms. The topological polar surface area (TPSA) is 24.5 Å². The van der Waals surface area contributed by atoms with Gasteiger partial charge in [-0.2, -0.15) is 0 Å². The minimum Gasteiger partial charge on any atom is -0.377 e. The zero-order valence-corrected chi connectivity index (χ0v) is 11.5. The predicted octanol–water partition coefficient (Wildman–Crippen LogP) is 1.88. The van der Waals surface area contributed by atoms with E-state index in [9.17, 15) is 0 Å². The Morgan fingerprint density at radius 3 is 2.82 bits per heavy atom. The van der Waals surface area contributed by atoms with Gasteiger partial charge in [0.25, 0.3) is 0 Å².